The van der Waals surface area contributed by atoms with Crippen LogP contribution in [0.3, 0.4) is 0 Å². The minimum Gasteiger partial charge on any atom is -0.495 e. The Hall–Kier alpha value is -1.60. The average Bonchev–Trinajstić information content (AvgIpc) is 3.05. The standard InChI is InChI=1S/C15H20N2O4S/c1-21-12-5-4-10(7-13(12)22(16,19)20)9-17-14(18)15-6-2-3-11(15)8-15/h4-5,7,11H,2-3,6,8-9H2,1H3,(H,17,18)(H2,16,19,20)/t11-,15-/m1/s1. The molecule has 2 saturated carbocycles. The number of primary sulfonamides is 1. The highest BCUT2D eigenvalue weighted by Crippen LogP contribution is 2.63. The van der Waals surface area contributed by atoms with Crippen LogP contribution in [0.2, 0.25) is 0 Å². The Morgan fingerprint density at radius 3 is 2.82 bits per heavy atom. The Morgan fingerprint density at radius 2 is 2.27 bits per heavy atom. The van der Waals surface area contributed by atoms with Gasteiger partial charge in [0.15, 0.2) is 0 Å². The third-order valence-corrected chi connectivity index (χ3v) is 5.78. The zero-order valence-corrected chi connectivity index (χ0v) is 13.3. The van der Waals surface area contributed by atoms with Crippen molar-refractivity contribution in [2.24, 2.45) is 16.5 Å². The molecule has 2 fully saturated rings. The molecule has 0 aromatic heterocycles. The van der Waals surface area contributed by atoms with Crippen LogP contribution in [0, 0.1) is 11.3 Å². The van der Waals surface area contributed by atoms with Gasteiger partial charge in [0.25, 0.3) is 0 Å². The lowest BCUT2D eigenvalue weighted by molar-refractivity contribution is -0.126. The van der Waals surface area contributed by atoms with Gasteiger partial charge in [-0.2, -0.15) is 0 Å². The summed E-state index contributed by atoms with van der Waals surface area (Å²) >= 11 is 0. The van der Waals surface area contributed by atoms with Crippen molar-refractivity contribution >= 4 is 15.9 Å². The lowest BCUT2D eigenvalue weighted by atomic mass is 10.0. The van der Waals surface area contributed by atoms with E-state index in [0.717, 1.165) is 25.7 Å². The molecule has 2 atom stereocenters. The van der Waals surface area contributed by atoms with Crippen LogP contribution in [0.15, 0.2) is 23.1 Å². The van der Waals surface area contributed by atoms with Crippen LogP contribution in [-0.2, 0) is 21.4 Å². The Balaban J connectivity index is 1.72. The monoisotopic (exact) mass is 324 g/mol. The van der Waals surface area contributed by atoms with Gasteiger partial charge in [0.05, 0.1) is 12.5 Å². The average molecular weight is 324 g/mol. The first-order valence-electron chi connectivity index (χ1n) is 7.35. The molecule has 0 spiro atoms. The number of amides is 1. The number of methoxy groups -OCH3 is 1. The van der Waals surface area contributed by atoms with Crippen LogP contribution in [-0.4, -0.2) is 21.4 Å². The molecular formula is C15H20N2O4S. The second kappa shape index (κ2) is 5.24. The van der Waals surface area contributed by atoms with Crippen LogP contribution in [0.5, 0.6) is 5.75 Å². The molecule has 0 heterocycles. The summed E-state index contributed by atoms with van der Waals surface area (Å²) in [5, 5.41) is 8.11. The zero-order valence-electron chi connectivity index (χ0n) is 12.5. The lowest BCUT2D eigenvalue weighted by Gasteiger charge is -2.14. The van der Waals surface area contributed by atoms with Gasteiger partial charge in [-0.1, -0.05) is 12.5 Å². The Morgan fingerprint density at radius 1 is 1.50 bits per heavy atom. The normalized spacial score (nSPS) is 26.4. The molecule has 0 unspecified atom stereocenters. The number of carbonyl (C=O) groups excluding carboxylic acids is 1. The van der Waals surface area contributed by atoms with Gasteiger partial charge in [-0.05, 0) is 42.9 Å². The lowest BCUT2D eigenvalue weighted by Crippen LogP contribution is -2.31. The van der Waals surface area contributed by atoms with E-state index < -0.39 is 10.0 Å². The molecule has 0 bridgehead atoms. The largest absolute Gasteiger partial charge is 0.495 e. The highest BCUT2D eigenvalue weighted by molar-refractivity contribution is 7.89. The van der Waals surface area contributed by atoms with Crippen molar-refractivity contribution in [2.75, 3.05) is 7.11 Å². The molecular weight excluding hydrogens is 304 g/mol. The van der Waals surface area contributed by atoms with Crippen LogP contribution < -0.4 is 15.2 Å². The minimum absolute atomic E-state index is 0.0647. The van der Waals surface area contributed by atoms with Gasteiger partial charge in [0.1, 0.15) is 10.6 Å². The van der Waals surface area contributed by atoms with Crippen molar-refractivity contribution in [3.63, 3.8) is 0 Å². The molecule has 2 aliphatic carbocycles. The molecule has 7 heteroatoms. The van der Waals surface area contributed by atoms with E-state index in [4.69, 9.17) is 9.88 Å². The van der Waals surface area contributed by atoms with Crippen molar-refractivity contribution in [1.29, 1.82) is 0 Å². The predicted octanol–water partition coefficient (Wildman–Crippen LogP) is 1.15. The van der Waals surface area contributed by atoms with Crippen LogP contribution in [0.25, 0.3) is 0 Å². The van der Waals surface area contributed by atoms with Crippen molar-refractivity contribution in [3.8, 4) is 5.75 Å². The summed E-state index contributed by atoms with van der Waals surface area (Å²) in [5.74, 6) is 0.834. The summed E-state index contributed by atoms with van der Waals surface area (Å²) in [6.45, 7) is 0.291. The number of fused-ring (bicyclic) bond motifs is 1. The van der Waals surface area contributed by atoms with E-state index in [2.05, 4.69) is 5.32 Å². The van der Waals surface area contributed by atoms with Gasteiger partial charge in [0.2, 0.25) is 15.9 Å². The van der Waals surface area contributed by atoms with Gasteiger partial charge in [-0.15, -0.1) is 0 Å². The Labute approximate surface area is 130 Å². The molecule has 0 aliphatic heterocycles. The number of nitrogens with two attached hydrogens (primary N) is 1. The number of nitrogens with one attached hydrogen (secondary N) is 1. The highest BCUT2D eigenvalue weighted by Gasteiger charge is 2.61. The summed E-state index contributed by atoms with van der Waals surface area (Å²) in [4.78, 5) is 12.2. The topological polar surface area (TPSA) is 98.5 Å². The summed E-state index contributed by atoms with van der Waals surface area (Å²) < 4.78 is 28.2. The van der Waals surface area contributed by atoms with Crippen molar-refractivity contribution in [3.05, 3.63) is 23.8 Å². The Bertz CT molecular complexity index is 716. The van der Waals surface area contributed by atoms with Crippen molar-refractivity contribution in [1.82, 2.24) is 5.32 Å². The molecule has 2 aliphatic rings. The molecule has 3 N–H and O–H groups in total. The van der Waals surface area contributed by atoms with Gasteiger partial charge >= 0.3 is 0 Å². The quantitative estimate of drug-likeness (QED) is 0.848. The molecule has 3 rings (SSSR count). The molecule has 6 nitrogen and oxygen atoms in total. The van der Waals surface area contributed by atoms with Crippen LogP contribution in [0.1, 0.15) is 31.2 Å². The number of rotatable bonds is 5. The molecule has 0 saturated heterocycles. The first kappa shape index (κ1) is 15.3. The number of ether oxygens (including phenoxy) is 1. The molecule has 120 valence electrons. The molecule has 1 aromatic carbocycles. The maximum atomic E-state index is 12.3. The maximum absolute atomic E-state index is 12.3. The summed E-state index contributed by atoms with van der Waals surface area (Å²) in [7, 11) is -2.48. The molecule has 0 radical (unpaired) electrons. The number of hydrogen-bond donors (Lipinski definition) is 2. The second-order valence-corrected chi connectivity index (χ2v) is 7.69. The molecule has 1 amide bonds. The summed E-state index contributed by atoms with van der Waals surface area (Å²) in [5.41, 5.74) is 0.541. The fourth-order valence-corrected chi connectivity index (χ4v) is 4.28. The van der Waals surface area contributed by atoms with Gasteiger partial charge in [-0.25, -0.2) is 13.6 Å². The van der Waals surface area contributed by atoms with Crippen molar-refractivity contribution in [2.45, 2.75) is 37.1 Å². The zero-order chi connectivity index (χ0) is 16.0. The third kappa shape index (κ3) is 2.59. The first-order valence-corrected chi connectivity index (χ1v) is 8.89. The van der Waals surface area contributed by atoms with E-state index in [1.54, 1.807) is 12.1 Å². The second-order valence-electron chi connectivity index (χ2n) is 6.16. The fourth-order valence-electron chi connectivity index (χ4n) is 3.53. The van der Waals surface area contributed by atoms with E-state index in [1.807, 2.05) is 0 Å². The van der Waals surface area contributed by atoms with E-state index in [9.17, 15) is 13.2 Å². The van der Waals surface area contributed by atoms with Gasteiger partial charge in [-0.3, -0.25) is 4.79 Å². The fraction of sp³-hybridized carbons (Fsp3) is 0.533. The SMILES string of the molecule is COc1ccc(CNC(=O)[C@@]23CCC[C@@H]2C3)cc1S(N)(=O)=O. The van der Waals surface area contributed by atoms with Gasteiger partial charge < -0.3 is 10.1 Å². The predicted molar refractivity (Wildman–Crippen MR) is 80.6 cm³/mol. The van der Waals surface area contributed by atoms with Crippen LogP contribution >= 0.6 is 0 Å². The Kier molecular flexibility index (Phi) is 3.65. The number of carbonyl (C=O) groups is 1. The van der Waals surface area contributed by atoms with Crippen LogP contribution in [0.4, 0.5) is 0 Å². The summed E-state index contributed by atoms with van der Waals surface area (Å²) in [6, 6.07) is 4.73. The maximum Gasteiger partial charge on any atom is 0.241 e. The smallest absolute Gasteiger partial charge is 0.241 e. The summed E-state index contributed by atoms with van der Waals surface area (Å²) in [6.07, 6.45) is 4.22. The van der Waals surface area contributed by atoms with E-state index in [1.165, 1.54) is 13.2 Å². The third-order valence-electron chi connectivity index (χ3n) is 4.85. The van der Waals surface area contributed by atoms with E-state index >= 15 is 0 Å². The van der Waals surface area contributed by atoms with E-state index in [-0.39, 0.29) is 22.0 Å². The number of hydrogen-bond acceptors (Lipinski definition) is 4. The molecule has 1 aromatic rings. The molecule has 22 heavy (non-hydrogen) atoms. The number of sulfonamides is 1. The van der Waals surface area contributed by atoms with Crippen molar-refractivity contribution < 1.29 is 17.9 Å². The van der Waals surface area contributed by atoms with Gasteiger partial charge in [0, 0.05) is 6.54 Å². The number of benzene rings is 1. The van der Waals surface area contributed by atoms with E-state index in [0.29, 0.717) is 18.0 Å². The highest BCUT2D eigenvalue weighted by atomic mass is 32.2. The first-order chi connectivity index (χ1) is 10.4. The minimum atomic E-state index is -3.86.